The summed E-state index contributed by atoms with van der Waals surface area (Å²) in [7, 11) is 0. The fourth-order valence-corrected chi connectivity index (χ4v) is 3.03. The molecule has 3 rings (SSSR count). The van der Waals surface area contributed by atoms with Gasteiger partial charge in [0.05, 0.1) is 11.1 Å². The van der Waals surface area contributed by atoms with Gasteiger partial charge in [0.2, 0.25) is 0 Å². The molecule has 0 aliphatic carbocycles. The minimum absolute atomic E-state index is 0.0149. The van der Waals surface area contributed by atoms with Crippen LogP contribution in [0.3, 0.4) is 0 Å². The highest BCUT2D eigenvalue weighted by molar-refractivity contribution is 9.10. The number of amides is 2. The van der Waals surface area contributed by atoms with Crippen molar-refractivity contribution < 1.29 is 23.9 Å². The minimum Gasteiger partial charge on any atom is -0.457 e. The van der Waals surface area contributed by atoms with Gasteiger partial charge in [-0.25, -0.2) is 0 Å². The number of benzene rings is 2. The Morgan fingerprint density at radius 3 is 2.11 bits per heavy atom. The number of ketones is 1. The summed E-state index contributed by atoms with van der Waals surface area (Å²) >= 11 is 3.28. The largest absolute Gasteiger partial charge is 0.457 e. The third kappa shape index (κ3) is 4.31. The Bertz CT molecular complexity index is 872. The van der Waals surface area contributed by atoms with Crippen molar-refractivity contribution >= 4 is 39.5 Å². The van der Waals surface area contributed by atoms with Gasteiger partial charge >= 0.3 is 5.97 Å². The maximum atomic E-state index is 12.2. The Kier molecular flexibility index (Phi) is 5.81. The molecule has 0 aromatic heterocycles. The van der Waals surface area contributed by atoms with E-state index >= 15 is 0 Å². The maximum absolute atomic E-state index is 12.2. The number of rotatable bonds is 7. The van der Waals surface area contributed by atoms with Crippen LogP contribution in [0.2, 0.25) is 0 Å². The summed E-state index contributed by atoms with van der Waals surface area (Å²) in [5, 5.41) is 0. The predicted molar refractivity (Wildman–Crippen MR) is 100 cm³/mol. The first kappa shape index (κ1) is 19.0. The highest BCUT2D eigenvalue weighted by atomic mass is 79.9. The van der Waals surface area contributed by atoms with E-state index in [1.807, 2.05) is 0 Å². The molecule has 1 aliphatic heterocycles. The van der Waals surface area contributed by atoms with Crippen molar-refractivity contribution in [1.82, 2.24) is 4.90 Å². The summed E-state index contributed by atoms with van der Waals surface area (Å²) in [6, 6.07) is 13.4. The van der Waals surface area contributed by atoms with Crippen LogP contribution >= 0.6 is 15.9 Å². The summed E-state index contributed by atoms with van der Waals surface area (Å²) in [6.07, 6.45) is 0.289. The first-order chi connectivity index (χ1) is 13.0. The van der Waals surface area contributed by atoms with Crippen LogP contribution in [0.25, 0.3) is 0 Å². The highest BCUT2D eigenvalue weighted by Gasteiger charge is 2.34. The molecule has 2 aromatic carbocycles. The van der Waals surface area contributed by atoms with Crippen LogP contribution in [0.1, 0.15) is 43.9 Å². The van der Waals surface area contributed by atoms with Crippen LogP contribution in [0.15, 0.2) is 53.0 Å². The average molecular weight is 430 g/mol. The Morgan fingerprint density at radius 2 is 1.52 bits per heavy atom. The van der Waals surface area contributed by atoms with E-state index in [0.717, 1.165) is 9.37 Å². The van der Waals surface area contributed by atoms with E-state index in [0.29, 0.717) is 16.7 Å². The fraction of sp³-hybridized carbons (Fsp3) is 0.200. The van der Waals surface area contributed by atoms with Crippen molar-refractivity contribution in [3.8, 4) is 0 Å². The molecule has 6 nitrogen and oxygen atoms in total. The molecule has 0 saturated heterocycles. The topological polar surface area (TPSA) is 80.8 Å². The second kappa shape index (κ2) is 8.26. The molecule has 0 fully saturated rings. The van der Waals surface area contributed by atoms with Gasteiger partial charge in [-0.2, -0.15) is 0 Å². The molecule has 0 radical (unpaired) electrons. The van der Waals surface area contributed by atoms with Crippen LogP contribution in [-0.4, -0.2) is 41.6 Å². The van der Waals surface area contributed by atoms with Gasteiger partial charge in [0.1, 0.15) is 0 Å². The van der Waals surface area contributed by atoms with Crippen LogP contribution in [0.5, 0.6) is 0 Å². The zero-order valence-corrected chi connectivity index (χ0v) is 15.9. The van der Waals surface area contributed by atoms with Gasteiger partial charge in [0, 0.05) is 23.0 Å². The number of carbonyl (C=O) groups excluding carboxylic acids is 4. The number of hydrogen-bond donors (Lipinski definition) is 0. The molecule has 0 N–H and O–H groups in total. The Labute approximate surface area is 164 Å². The molecule has 138 valence electrons. The number of fused-ring (bicyclic) bond motifs is 1. The van der Waals surface area contributed by atoms with E-state index in [1.54, 1.807) is 48.5 Å². The standard InChI is InChI=1S/C20H16BrNO5/c21-14-9-7-13(8-10-14)17(23)12-27-18(24)6-3-11-22-19(25)15-4-1-2-5-16(15)20(22)26/h1-2,4-5,7-10H,3,6,11-12H2. The molecule has 2 aromatic rings. The second-order valence-electron chi connectivity index (χ2n) is 6.00. The number of esters is 1. The van der Waals surface area contributed by atoms with Gasteiger partial charge in [-0.1, -0.05) is 40.2 Å². The van der Waals surface area contributed by atoms with E-state index in [9.17, 15) is 19.2 Å². The minimum atomic E-state index is -0.544. The quantitative estimate of drug-likeness (QED) is 0.383. The molecule has 0 unspecified atom stereocenters. The van der Waals surface area contributed by atoms with Gasteiger partial charge in [-0.15, -0.1) is 0 Å². The molecule has 0 atom stereocenters. The lowest BCUT2D eigenvalue weighted by Crippen LogP contribution is -2.31. The number of ether oxygens (including phenoxy) is 1. The lowest BCUT2D eigenvalue weighted by Gasteiger charge is -2.13. The molecule has 0 saturated carbocycles. The van der Waals surface area contributed by atoms with Crippen LogP contribution in [0.4, 0.5) is 0 Å². The molecule has 2 amide bonds. The first-order valence-corrected chi connectivity index (χ1v) is 9.16. The van der Waals surface area contributed by atoms with E-state index < -0.39 is 5.97 Å². The SMILES string of the molecule is O=C(CCCN1C(=O)c2ccccc2C1=O)OCC(=O)c1ccc(Br)cc1. The summed E-state index contributed by atoms with van der Waals surface area (Å²) in [4.78, 5) is 49.4. The maximum Gasteiger partial charge on any atom is 0.306 e. The van der Waals surface area contributed by atoms with E-state index in [-0.39, 0.29) is 43.6 Å². The average Bonchev–Trinajstić information content (AvgIpc) is 2.92. The Balaban J connectivity index is 1.44. The number of Topliss-reactive ketones (excluding diaryl/α,β-unsaturated/α-hetero) is 1. The Morgan fingerprint density at radius 1 is 0.926 bits per heavy atom. The molecule has 1 heterocycles. The van der Waals surface area contributed by atoms with Crippen LogP contribution in [0, 0.1) is 0 Å². The molecule has 1 aliphatic rings. The molecule has 0 bridgehead atoms. The monoisotopic (exact) mass is 429 g/mol. The number of halogens is 1. The summed E-state index contributed by atoms with van der Waals surface area (Å²) in [5.41, 5.74) is 1.22. The highest BCUT2D eigenvalue weighted by Crippen LogP contribution is 2.22. The lowest BCUT2D eigenvalue weighted by atomic mass is 10.1. The van der Waals surface area contributed by atoms with Crippen molar-refractivity contribution in [3.63, 3.8) is 0 Å². The third-order valence-corrected chi connectivity index (χ3v) is 4.70. The third-order valence-electron chi connectivity index (χ3n) is 4.17. The number of nitrogens with zero attached hydrogens (tertiary/aromatic N) is 1. The second-order valence-corrected chi connectivity index (χ2v) is 6.92. The van der Waals surface area contributed by atoms with Crippen LogP contribution in [-0.2, 0) is 9.53 Å². The normalized spacial score (nSPS) is 12.9. The Hall–Kier alpha value is -2.80. The number of hydrogen-bond acceptors (Lipinski definition) is 5. The van der Waals surface area contributed by atoms with Crippen molar-refractivity contribution in [3.05, 3.63) is 69.7 Å². The van der Waals surface area contributed by atoms with Crippen LogP contribution < -0.4 is 0 Å². The van der Waals surface area contributed by atoms with Gasteiger partial charge in [-0.05, 0) is 30.7 Å². The first-order valence-electron chi connectivity index (χ1n) is 8.37. The molecule has 0 spiro atoms. The summed E-state index contributed by atoms with van der Waals surface area (Å²) in [5.74, 6) is -1.54. The molecular formula is C20H16BrNO5. The summed E-state index contributed by atoms with van der Waals surface area (Å²) < 4.78 is 5.83. The van der Waals surface area contributed by atoms with Crippen molar-refractivity contribution in [2.24, 2.45) is 0 Å². The van der Waals surface area contributed by atoms with Gasteiger partial charge in [0.15, 0.2) is 12.4 Å². The van der Waals surface area contributed by atoms with Gasteiger partial charge in [0.25, 0.3) is 11.8 Å². The van der Waals surface area contributed by atoms with Crippen molar-refractivity contribution in [2.75, 3.05) is 13.2 Å². The van der Waals surface area contributed by atoms with Gasteiger partial charge < -0.3 is 4.74 Å². The zero-order valence-electron chi connectivity index (χ0n) is 14.3. The fourth-order valence-electron chi connectivity index (χ4n) is 2.76. The lowest BCUT2D eigenvalue weighted by molar-refractivity contribution is -0.142. The van der Waals surface area contributed by atoms with E-state index in [1.165, 1.54) is 0 Å². The predicted octanol–water partition coefficient (Wildman–Crippen LogP) is 3.25. The molecule has 27 heavy (non-hydrogen) atoms. The van der Waals surface area contributed by atoms with E-state index in [4.69, 9.17) is 4.74 Å². The number of carbonyl (C=O) groups is 4. The smallest absolute Gasteiger partial charge is 0.306 e. The summed E-state index contributed by atoms with van der Waals surface area (Å²) in [6.45, 7) is -0.213. The molecular weight excluding hydrogens is 414 g/mol. The van der Waals surface area contributed by atoms with E-state index in [2.05, 4.69) is 15.9 Å². The molecule has 7 heteroatoms. The zero-order chi connectivity index (χ0) is 19.4. The van der Waals surface area contributed by atoms with Crippen molar-refractivity contribution in [2.45, 2.75) is 12.8 Å². The number of imide groups is 1. The van der Waals surface area contributed by atoms with Crippen molar-refractivity contribution in [1.29, 1.82) is 0 Å². The van der Waals surface area contributed by atoms with Gasteiger partial charge in [-0.3, -0.25) is 24.1 Å².